The Balaban J connectivity index is 0.000000370. The Bertz CT molecular complexity index is 1020. The van der Waals surface area contributed by atoms with Crippen molar-refractivity contribution >= 4 is 23.0 Å². The van der Waals surface area contributed by atoms with Crippen LogP contribution in [0.15, 0.2) is 42.7 Å². The molecule has 0 aliphatic carbocycles. The molecule has 3 aromatic rings. The van der Waals surface area contributed by atoms with Crippen molar-refractivity contribution in [3.8, 4) is 5.75 Å². The van der Waals surface area contributed by atoms with Gasteiger partial charge in [0.25, 0.3) is 0 Å². The summed E-state index contributed by atoms with van der Waals surface area (Å²) in [5.74, 6) is -3.23. The van der Waals surface area contributed by atoms with E-state index in [1.54, 1.807) is 18.3 Å². The summed E-state index contributed by atoms with van der Waals surface area (Å²) in [5, 5.41) is 7.79. The molecule has 11 heteroatoms. The highest BCUT2D eigenvalue weighted by Crippen LogP contribution is 2.20. The van der Waals surface area contributed by atoms with Crippen molar-refractivity contribution in [2.24, 2.45) is 0 Å². The van der Waals surface area contributed by atoms with Crippen LogP contribution in [-0.4, -0.2) is 40.3 Å². The van der Waals surface area contributed by atoms with Gasteiger partial charge in [-0.1, -0.05) is 0 Å². The molecule has 0 fully saturated rings. The fraction of sp³-hybridized carbons (Fsp3) is 0.167. The van der Waals surface area contributed by atoms with Crippen LogP contribution < -0.4 is 4.74 Å². The van der Waals surface area contributed by atoms with Crippen LogP contribution in [0.3, 0.4) is 0 Å². The number of halogens is 4. The smallest absolute Gasteiger partial charge is 0.490 e. The van der Waals surface area contributed by atoms with Crippen LogP contribution in [0.1, 0.15) is 15.9 Å². The number of aromatic amines is 1. The number of alkyl halides is 3. The van der Waals surface area contributed by atoms with E-state index in [9.17, 15) is 22.4 Å². The van der Waals surface area contributed by atoms with E-state index in [-0.39, 0.29) is 12.2 Å². The molecule has 0 bridgehead atoms. The lowest BCUT2D eigenvalue weighted by Crippen LogP contribution is -2.21. The number of nitrogens with zero attached hydrogens (tertiary/aromatic N) is 1. The van der Waals surface area contributed by atoms with Gasteiger partial charge in [0.05, 0.1) is 12.7 Å². The lowest BCUT2D eigenvalue weighted by molar-refractivity contribution is -0.192. The average Bonchev–Trinajstić information content (AvgIpc) is 3.15. The molecular weight excluding hydrogens is 400 g/mol. The maximum Gasteiger partial charge on any atom is 0.490 e. The van der Waals surface area contributed by atoms with Crippen LogP contribution >= 0.6 is 0 Å². The number of hydrogen-bond donors (Lipinski definition) is 2. The van der Waals surface area contributed by atoms with Gasteiger partial charge in [0, 0.05) is 23.3 Å². The zero-order valence-electron chi connectivity index (χ0n) is 14.8. The third-order valence-electron chi connectivity index (χ3n) is 3.53. The Kier molecular flexibility index (Phi) is 6.75. The third-order valence-corrected chi connectivity index (χ3v) is 3.53. The molecule has 154 valence electrons. The summed E-state index contributed by atoms with van der Waals surface area (Å²) in [4.78, 5) is 28.1. The number of carbonyl (C=O) groups excluding carboxylic acids is 1. The summed E-state index contributed by atoms with van der Waals surface area (Å²) in [6.45, 7) is -0.171. The van der Waals surface area contributed by atoms with Crippen LogP contribution in [0.5, 0.6) is 5.75 Å². The Morgan fingerprint density at radius 2 is 1.90 bits per heavy atom. The molecule has 2 aromatic heterocycles. The number of ether oxygens (including phenoxy) is 2. The van der Waals surface area contributed by atoms with Gasteiger partial charge in [0.15, 0.2) is 0 Å². The van der Waals surface area contributed by atoms with Crippen LogP contribution in [-0.2, 0) is 16.1 Å². The van der Waals surface area contributed by atoms with Gasteiger partial charge >= 0.3 is 18.1 Å². The molecule has 0 aliphatic heterocycles. The van der Waals surface area contributed by atoms with E-state index in [2.05, 4.69) is 9.97 Å². The molecule has 0 atom stereocenters. The number of carboxylic acids is 1. The van der Waals surface area contributed by atoms with E-state index in [0.717, 1.165) is 0 Å². The number of nitrogens with one attached hydrogen (secondary N) is 1. The SMILES string of the molecule is COc1ccc(F)c(COC(=O)c2ccnc3[nH]ccc23)c1.O=C(O)C(F)(F)F. The predicted molar refractivity (Wildman–Crippen MR) is 91.9 cm³/mol. The average molecular weight is 414 g/mol. The molecule has 7 nitrogen and oxygen atoms in total. The number of pyridine rings is 1. The number of aliphatic carboxylic acids is 1. The van der Waals surface area contributed by atoms with Gasteiger partial charge in [0.1, 0.15) is 23.8 Å². The van der Waals surface area contributed by atoms with Crippen molar-refractivity contribution in [2.45, 2.75) is 12.8 Å². The number of rotatable bonds is 4. The number of carboxylic acid groups (broad SMARTS) is 1. The molecular formula is C18H14F4N2O5. The van der Waals surface area contributed by atoms with Crippen LogP contribution in [0.4, 0.5) is 17.6 Å². The molecule has 0 amide bonds. The Morgan fingerprint density at radius 3 is 2.52 bits per heavy atom. The highest BCUT2D eigenvalue weighted by Gasteiger charge is 2.38. The van der Waals surface area contributed by atoms with Crippen LogP contribution in [0.2, 0.25) is 0 Å². The summed E-state index contributed by atoms with van der Waals surface area (Å²) < 4.78 is 55.7. The van der Waals surface area contributed by atoms with Crippen molar-refractivity contribution in [1.82, 2.24) is 9.97 Å². The molecule has 3 rings (SSSR count). The first-order valence-electron chi connectivity index (χ1n) is 7.85. The zero-order valence-corrected chi connectivity index (χ0v) is 14.8. The fourth-order valence-corrected chi connectivity index (χ4v) is 2.15. The summed E-state index contributed by atoms with van der Waals surface area (Å²) in [7, 11) is 1.49. The highest BCUT2D eigenvalue weighted by atomic mass is 19.4. The fourth-order valence-electron chi connectivity index (χ4n) is 2.15. The van der Waals surface area contributed by atoms with Gasteiger partial charge in [-0.05, 0) is 30.3 Å². The number of benzene rings is 1. The van der Waals surface area contributed by atoms with Gasteiger partial charge < -0.3 is 19.6 Å². The number of methoxy groups -OCH3 is 1. The second-order valence-corrected chi connectivity index (χ2v) is 5.43. The third kappa shape index (κ3) is 5.67. The lowest BCUT2D eigenvalue weighted by atomic mass is 10.2. The first kappa shape index (κ1) is 21.7. The highest BCUT2D eigenvalue weighted by molar-refractivity contribution is 6.02. The Labute approximate surface area is 160 Å². The summed E-state index contributed by atoms with van der Waals surface area (Å²) in [6, 6.07) is 7.60. The summed E-state index contributed by atoms with van der Waals surface area (Å²) in [6.07, 6.45) is -1.88. The number of carbonyl (C=O) groups is 2. The molecule has 2 N–H and O–H groups in total. The van der Waals surface area contributed by atoms with E-state index in [1.165, 1.54) is 31.5 Å². The Morgan fingerprint density at radius 1 is 1.21 bits per heavy atom. The second kappa shape index (κ2) is 9.04. The minimum Gasteiger partial charge on any atom is -0.497 e. The summed E-state index contributed by atoms with van der Waals surface area (Å²) >= 11 is 0. The summed E-state index contributed by atoms with van der Waals surface area (Å²) in [5.41, 5.74) is 1.24. The van der Waals surface area contributed by atoms with Crippen molar-refractivity contribution < 1.29 is 41.7 Å². The molecule has 0 radical (unpaired) electrons. The largest absolute Gasteiger partial charge is 0.497 e. The van der Waals surface area contributed by atoms with E-state index in [4.69, 9.17) is 19.4 Å². The van der Waals surface area contributed by atoms with Crippen molar-refractivity contribution in [3.05, 3.63) is 59.7 Å². The molecule has 0 unspecified atom stereocenters. The maximum absolute atomic E-state index is 13.7. The van der Waals surface area contributed by atoms with E-state index < -0.39 is 23.9 Å². The first-order valence-corrected chi connectivity index (χ1v) is 7.85. The number of esters is 1. The van der Waals surface area contributed by atoms with Gasteiger partial charge in [-0.15, -0.1) is 0 Å². The van der Waals surface area contributed by atoms with E-state index in [1.807, 2.05) is 0 Å². The molecule has 0 saturated carbocycles. The molecule has 0 saturated heterocycles. The van der Waals surface area contributed by atoms with E-state index in [0.29, 0.717) is 22.3 Å². The molecule has 2 heterocycles. The zero-order chi connectivity index (χ0) is 21.6. The van der Waals surface area contributed by atoms with Crippen LogP contribution in [0, 0.1) is 5.82 Å². The van der Waals surface area contributed by atoms with Gasteiger partial charge in [-0.2, -0.15) is 13.2 Å². The normalized spacial score (nSPS) is 10.8. The lowest BCUT2D eigenvalue weighted by Gasteiger charge is -2.08. The quantitative estimate of drug-likeness (QED) is 0.499. The van der Waals surface area contributed by atoms with Crippen LogP contribution in [0.25, 0.3) is 11.0 Å². The van der Waals surface area contributed by atoms with Crippen molar-refractivity contribution in [1.29, 1.82) is 0 Å². The molecule has 0 aliphatic rings. The van der Waals surface area contributed by atoms with Crippen molar-refractivity contribution in [3.63, 3.8) is 0 Å². The first-order chi connectivity index (χ1) is 13.6. The topological polar surface area (TPSA) is 102 Å². The number of hydrogen-bond acceptors (Lipinski definition) is 5. The van der Waals surface area contributed by atoms with Gasteiger partial charge in [-0.25, -0.2) is 19.0 Å². The number of H-pyrrole nitrogens is 1. The van der Waals surface area contributed by atoms with E-state index >= 15 is 0 Å². The van der Waals surface area contributed by atoms with Gasteiger partial charge in [-0.3, -0.25) is 0 Å². The standard InChI is InChI=1S/C16H13FN2O3.C2HF3O2/c1-21-11-2-3-14(17)10(8-11)9-22-16(20)13-5-7-19-15-12(13)4-6-18-15;3-2(4,5)1(6)7/h2-8H,9H2,1H3,(H,18,19);(H,6,7). The number of fused-ring (bicyclic) bond motifs is 1. The predicted octanol–water partition coefficient (Wildman–Crippen LogP) is 3.70. The minimum absolute atomic E-state index is 0.171. The number of aromatic nitrogens is 2. The molecule has 0 spiro atoms. The molecule has 29 heavy (non-hydrogen) atoms. The monoisotopic (exact) mass is 414 g/mol. The van der Waals surface area contributed by atoms with Crippen molar-refractivity contribution in [2.75, 3.05) is 7.11 Å². The van der Waals surface area contributed by atoms with Gasteiger partial charge in [0.2, 0.25) is 0 Å². The second-order valence-electron chi connectivity index (χ2n) is 5.43. The minimum atomic E-state index is -5.08. The maximum atomic E-state index is 13.7. The Hall–Kier alpha value is -3.63. The molecule has 1 aromatic carbocycles.